The van der Waals surface area contributed by atoms with E-state index in [1.807, 2.05) is 31.2 Å². The number of carbonyl (C=O) groups excluding carboxylic acids is 1. The van der Waals surface area contributed by atoms with Crippen LogP contribution in [0.25, 0.3) is 11.3 Å². The molecule has 0 aliphatic rings. The summed E-state index contributed by atoms with van der Waals surface area (Å²) in [6.45, 7) is 6.10. The summed E-state index contributed by atoms with van der Waals surface area (Å²) in [5.74, 6) is -0.0338. The SMILES string of the molecule is Cc1ccc(-c2nc(CC(=O)Nc3ccccc3C)sc2C)cc1. The molecule has 0 radical (unpaired) electrons. The molecule has 0 aliphatic heterocycles. The number of hydrogen-bond acceptors (Lipinski definition) is 3. The van der Waals surface area contributed by atoms with Gasteiger partial charge in [-0.05, 0) is 32.4 Å². The van der Waals surface area contributed by atoms with Crippen LogP contribution in [0.15, 0.2) is 48.5 Å². The van der Waals surface area contributed by atoms with Crippen LogP contribution in [0, 0.1) is 20.8 Å². The summed E-state index contributed by atoms with van der Waals surface area (Å²) in [7, 11) is 0. The van der Waals surface area contributed by atoms with Gasteiger partial charge in [0.2, 0.25) is 5.91 Å². The zero-order valence-electron chi connectivity index (χ0n) is 14.1. The van der Waals surface area contributed by atoms with Gasteiger partial charge in [-0.1, -0.05) is 48.0 Å². The summed E-state index contributed by atoms with van der Waals surface area (Å²) in [5, 5.41) is 3.80. The number of thiazole rings is 1. The van der Waals surface area contributed by atoms with Crippen molar-refractivity contribution in [2.45, 2.75) is 27.2 Å². The Labute approximate surface area is 146 Å². The Balaban J connectivity index is 1.74. The van der Waals surface area contributed by atoms with Crippen molar-refractivity contribution in [3.8, 4) is 11.3 Å². The average molecular weight is 336 g/mol. The second-order valence-electron chi connectivity index (χ2n) is 5.92. The van der Waals surface area contributed by atoms with Gasteiger partial charge in [0.15, 0.2) is 0 Å². The van der Waals surface area contributed by atoms with Crippen LogP contribution >= 0.6 is 11.3 Å². The highest BCUT2D eigenvalue weighted by atomic mass is 32.1. The number of carbonyl (C=O) groups is 1. The van der Waals surface area contributed by atoms with Crippen molar-refractivity contribution in [1.82, 2.24) is 4.98 Å². The molecule has 3 aromatic rings. The smallest absolute Gasteiger partial charge is 0.231 e. The van der Waals surface area contributed by atoms with E-state index in [-0.39, 0.29) is 5.91 Å². The first kappa shape index (κ1) is 16.4. The summed E-state index contributed by atoms with van der Waals surface area (Å²) in [5.41, 5.74) is 5.21. The van der Waals surface area contributed by atoms with Crippen LogP contribution in [0.2, 0.25) is 0 Å². The summed E-state index contributed by atoms with van der Waals surface area (Å²) in [6.07, 6.45) is 0.297. The van der Waals surface area contributed by atoms with Crippen molar-refractivity contribution in [2.24, 2.45) is 0 Å². The number of anilines is 1. The molecule has 0 spiro atoms. The molecule has 1 amide bonds. The second-order valence-corrected chi connectivity index (χ2v) is 7.21. The van der Waals surface area contributed by atoms with E-state index in [4.69, 9.17) is 0 Å². The lowest BCUT2D eigenvalue weighted by Crippen LogP contribution is -2.14. The predicted octanol–water partition coefficient (Wildman–Crippen LogP) is 4.92. The first-order chi connectivity index (χ1) is 11.5. The number of aryl methyl sites for hydroxylation is 3. The molecular formula is C20H20N2OS. The number of nitrogens with one attached hydrogen (secondary N) is 1. The number of amides is 1. The largest absolute Gasteiger partial charge is 0.325 e. The van der Waals surface area contributed by atoms with E-state index in [2.05, 4.69) is 48.4 Å². The van der Waals surface area contributed by atoms with Crippen molar-refractivity contribution in [2.75, 3.05) is 5.32 Å². The molecule has 1 N–H and O–H groups in total. The Hall–Kier alpha value is -2.46. The van der Waals surface area contributed by atoms with Gasteiger partial charge in [-0.25, -0.2) is 4.98 Å². The Morgan fingerprint density at radius 2 is 1.75 bits per heavy atom. The quantitative estimate of drug-likeness (QED) is 0.735. The summed E-state index contributed by atoms with van der Waals surface area (Å²) >= 11 is 1.58. The molecule has 0 saturated carbocycles. The molecular weight excluding hydrogens is 316 g/mol. The van der Waals surface area contributed by atoms with Crippen molar-refractivity contribution < 1.29 is 4.79 Å². The Morgan fingerprint density at radius 3 is 2.46 bits per heavy atom. The molecule has 3 rings (SSSR count). The number of nitrogens with zero attached hydrogens (tertiary/aromatic N) is 1. The summed E-state index contributed by atoms with van der Waals surface area (Å²) in [4.78, 5) is 18.1. The lowest BCUT2D eigenvalue weighted by molar-refractivity contribution is -0.115. The highest BCUT2D eigenvalue weighted by molar-refractivity contribution is 7.12. The number of para-hydroxylation sites is 1. The fourth-order valence-corrected chi connectivity index (χ4v) is 3.50. The van der Waals surface area contributed by atoms with Crippen LogP contribution in [-0.2, 0) is 11.2 Å². The number of benzene rings is 2. The third kappa shape index (κ3) is 3.71. The zero-order chi connectivity index (χ0) is 17.1. The molecule has 3 nitrogen and oxygen atoms in total. The predicted molar refractivity (Wildman–Crippen MR) is 101 cm³/mol. The lowest BCUT2D eigenvalue weighted by atomic mass is 10.1. The number of rotatable bonds is 4. The van der Waals surface area contributed by atoms with E-state index in [1.54, 1.807) is 11.3 Å². The fraction of sp³-hybridized carbons (Fsp3) is 0.200. The van der Waals surface area contributed by atoms with Crippen molar-refractivity contribution in [1.29, 1.82) is 0 Å². The molecule has 0 unspecified atom stereocenters. The van der Waals surface area contributed by atoms with E-state index in [9.17, 15) is 4.79 Å². The van der Waals surface area contributed by atoms with Crippen LogP contribution in [0.5, 0.6) is 0 Å². The van der Waals surface area contributed by atoms with Crippen molar-refractivity contribution in [3.05, 3.63) is 69.5 Å². The molecule has 24 heavy (non-hydrogen) atoms. The van der Waals surface area contributed by atoms with Crippen molar-refractivity contribution in [3.63, 3.8) is 0 Å². The molecule has 0 aliphatic carbocycles. The van der Waals surface area contributed by atoms with Gasteiger partial charge in [0.05, 0.1) is 12.1 Å². The molecule has 1 aromatic heterocycles. The van der Waals surface area contributed by atoms with Gasteiger partial charge in [0, 0.05) is 16.1 Å². The maximum atomic E-state index is 12.3. The average Bonchev–Trinajstić information content (AvgIpc) is 2.90. The van der Waals surface area contributed by atoms with Gasteiger partial charge in [-0.2, -0.15) is 0 Å². The highest BCUT2D eigenvalue weighted by Crippen LogP contribution is 2.28. The van der Waals surface area contributed by atoms with E-state index in [0.717, 1.165) is 32.4 Å². The van der Waals surface area contributed by atoms with E-state index >= 15 is 0 Å². The Morgan fingerprint density at radius 1 is 1.04 bits per heavy atom. The van der Waals surface area contributed by atoms with Crippen molar-refractivity contribution >= 4 is 22.9 Å². The minimum absolute atomic E-state index is 0.0338. The third-order valence-electron chi connectivity index (χ3n) is 3.90. The molecule has 0 saturated heterocycles. The molecule has 0 bridgehead atoms. The maximum Gasteiger partial charge on any atom is 0.231 e. The molecule has 122 valence electrons. The van der Waals surface area contributed by atoms with E-state index in [1.165, 1.54) is 5.56 Å². The first-order valence-corrected chi connectivity index (χ1v) is 8.73. The van der Waals surface area contributed by atoms with Crippen LogP contribution < -0.4 is 5.32 Å². The monoisotopic (exact) mass is 336 g/mol. The molecule has 1 heterocycles. The van der Waals surface area contributed by atoms with Gasteiger partial charge in [-0.3, -0.25) is 4.79 Å². The fourth-order valence-electron chi connectivity index (χ4n) is 2.55. The lowest BCUT2D eigenvalue weighted by Gasteiger charge is -2.06. The van der Waals surface area contributed by atoms with Crippen LogP contribution in [-0.4, -0.2) is 10.9 Å². The Kier molecular flexibility index (Phi) is 4.76. The van der Waals surface area contributed by atoms with Gasteiger partial charge >= 0.3 is 0 Å². The van der Waals surface area contributed by atoms with Crippen LogP contribution in [0.1, 0.15) is 21.0 Å². The highest BCUT2D eigenvalue weighted by Gasteiger charge is 2.13. The van der Waals surface area contributed by atoms with Gasteiger partial charge in [0.25, 0.3) is 0 Å². The minimum Gasteiger partial charge on any atom is -0.325 e. The topological polar surface area (TPSA) is 42.0 Å². The second kappa shape index (κ2) is 6.97. The number of hydrogen-bond donors (Lipinski definition) is 1. The van der Waals surface area contributed by atoms with E-state index in [0.29, 0.717) is 6.42 Å². The molecule has 4 heteroatoms. The Bertz CT molecular complexity index is 866. The normalized spacial score (nSPS) is 10.6. The third-order valence-corrected chi connectivity index (χ3v) is 4.87. The summed E-state index contributed by atoms with van der Waals surface area (Å²) < 4.78 is 0. The maximum absolute atomic E-state index is 12.3. The minimum atomic E-state index is -0.0338. The molecule has 0 fully saturated rings. The van der Waals surface area contributed by atoms with Gasteiger partial charge < -0.3 is 5.32 Å². The van der Waals surface area contributed by atoms with E-state index < -0.39 is 0 Å². The zero-order valence-corrected chi connectivity index (χ0v) is 14.9. The molecule has 2 aromatic carbocycles. The first-order valence-electron chi connectivity index (χ1n) is 7.92. The van der Waals surface area contributed by atoms with Gasteiger partial charge in [-0.15, -0.1) is 11.3 Å². The van der Waals surface area contributed by atoms with Crippen LogP contribution in [0.3, 0.4) is 0 Å². The standard InChI is InChI=1S/C20H20N2OS/c1-13-8-10-16(11-9-13)20-15(3)24-19(22-20)12-18(23)21-17-7-5-4-6-14(17)2/h4-11H,12H2,1-3H3,(H,21,23). The van der Waals surface area contributed by atoms with Crippen LogP contribution in [0.4, 0.5) is 5.69 Å². The molecule has 0 atom stereocenters. The van der Waals surface area contributed by atoms with Gasteiger partial charge in [0.1, 0.15) is 5.01 Å². The number of aromatic nitrogens is 1. The summed E-state index contributed by atoms with van der Waals surface area (Å²) in [6, 6.07) is 16.1.